The van der Waals surface area contributed by atoms with Crippen molar-refractivity contribution in [3.8, 4) is 0 Å². The molecule has 1 saturated carbocycles. The second-order valence-corrected chi connectivity index (χ2v) is 6.58. The highest BCUT2D eigenvalue weighted by Gasteiger charge is 2.53. The number of aliphatic carboxylic acids is 1. The molecule has 1 aliphatic heterocycles. The molecule has 4 nitrogen and oxygen atoms in total. The van der Waals surface area contributed by atoms with Crippen LogP contribution in [0.3, 0.4) is 0 Å². The van der Waals surface area contributed by atoms with Gasteiger partial charge in [-0.15, -0.1) is 0 Å². The molecular formula is C15H16BrNO3. The van der Waals surface area contributed by atoms with E-state index in [4.69, 9.17) is 5.11 Å². The predicted molar refractivity (Wildman–Crippen MR) is 77.4 cm³/mol. The van der Waals surface area contributed by atoms with Crippen molar-refractivity contribution in [3.05, 3.63) is 34.3 Å². The summed E-state index contributed by atoms with van der Waals surface area (Å²) < 4.78 is 0.997. The molecule has 1 atom stereocenters. The van der Waals surface area contributed by atoms with Crippen LogP contribution in [0.25, 0.3) is 0 Å². The molecule has 1 aromatic rings. The van der Waals surface area contributed by atoms with E-state index in [0.717, 1.165) is 22.9 Å². The Balaban J connectivity index is 1.77. The smallest absolute Gasteiger partial charge is 0.308 e. The van der Waals surface area contributed by atoms with Gasteiger partial charge in [0.25, 0.3) is 0 Å². The van der Waals surface area contributed by atoms with Crippen molar-refractivity contribution in [1.82, 2.24) is 4.90 Å². The van der Waals surface area contributed by atoms with E-state index in [1.807, 2.05) is 24.3 Å². The summed E-state index contributed by atoms with van der Waals surface area (Å²) in [4.78, 5) is 25.4. The van der Waals surface area contributed by atoms with Gasteiger partial charge in [-0.25, -0.2) is 0 Å². The summed E-state index contributed by atoms with van der Waals surface area (Å²) in [5, 5.41) is 9.04. The second kappa shape index (κ2) is 4.88. The van der Waals surface area contributed by atoms with Crippen LogP contribution in [0.4, 0.5) is 0 Å². The van der Waals surface area contributed by atoms with Gasteiger partial charge in [-0.3, -0.25) is 9.59 Å². The number of carbonyl (C=O) groups excluding carboxylic acids is 1. The average Bonchev–Trinajstić information content (AvgIpc) is 3.08. The van der Waals surface area contributed by atoms with Crippen LogP contribution >= 0.6 is 15.9 Å². The fourth-order valence-corrected chi connectivity index (χ4v) is 3.23. The monoisotopic (exact) mass is 337 g/mol. The average molecular weight is 338 g/mol. The molecule has 1 N–H and O–H groups in total. The maximum atomic E-state index is 12.7. The van der Waals surface area contributed by atoms with Gasteiger partial charge < -0.3 is 10.0 Å². The number of carboxylic acids is 1. The van der Waals surface area contributed by atoms with Crippen molar-refractivity contribution in [2.75, 3.05) is 13.1 Å². The number of rotatable bonds is 3. The Labute approximate surface area is 125 Å². The summed E-state index contributed by atoms with van der Waals surface area (Å²) in [6.45, 7) is 0.917. The van der Waals surface area contributed by atoms with E-state index in [1.54, 1.807) is 4.90 Å². The highest BCUT2D eigenvalue weighted by molar-refractivity contribution is 9.10. The number of nitrogens with zero attached hydrogens (tertiary/aromatic N) is 1. The standard InChI is InChI=1S/C15H16BrNO3/c16-12-3-1-11(2-4-12)15(6-7-15)14(20)17-8-5-10(9-17)13(18)19/h1-4,10H,5-9H2,(H,18,19)/t10-/m0/s1. The highest BCUT2D eigenvalue weighted by atomic mass is 79.9. The maximum Gasteiger partial charge on any atom is 0.308 e. The van der Waals surface area contributed by atoms with E-state index >= 15 is 0 Å². The summed E-state index contributed by atoms with van der Waals surface area (Å²) >= 11 is 3.40. The topological polar surface area (TPSA) is 57.6 Å². The van der Waals surface area contributed by atoms with Crippen molar-refractivity contribution >= 4 is 27.8 Å². The van der Waals surface area contributed by atoms with Crippen molar-refractivity contribution in [1.29, 1.82) is 0 Å². The van der Waals surface area contributed by atoms with Gasteiger partial charge in [-0.05, 0) is 37.0 Å². The number of amides is 1. The van der Waals surface area contributed by atoms with Gasteiger partial charge >= 0.3 is 5.97 Å². The van der Waals surface area contributed by atoms with Crippen LogP contribution in [-0.2, 0) is 15.0 Å². The van der Waals surface area contributed by atoms with Crippen LogP contribution in [0, 0.1) is 5.92 Å². The molecule has 1 amide bonds. The molecule has 1 aliphatic carbocycles. The number of carbonyl (C=O) groups is 2. The third-order valence-corrected chi connectivity index (χ3v) is 4.91. The zero-order chi connectivity index (χ0) is 14.3. The van der Waals surface area contributed by atoms with E-state index in [0.29, 0.717) is 19.5 Å². The number of halogens is 1. The first-order valence-electron chi connectivity index (χ1n) is 6.81. The molecule has 20 heavy (non-hydrogen) atoms. The minimum absolute atomic E-state index is 0.101. The van der Waals surface area contributed by atoms with Crippen molar-refractivity contribution in [2.24, 2.45) is 5.92 Å². The van der Waals surface area contributed by atoms with Crippen LogP contribution < -0.4 is 0 Å². The van der Waals surface area contributed by atoms with Crippen LogP contribution in [0.5, 0.6) is 0 Å². The van der Waals surface area contributed by atoms with Gasteiger partial charge in [0, 0.05) is 17.6 Å². The van der Waals surface area contributed by atoms with Gasteiger partial charge in [0.15, 0.2) is 0 Å². The predicted octanol–water partition coefficient (Wildman–Crippen LogP) is 2.41. The molecule has 2 aliphatic rings. The van der Waals surface area contributed by atoms with E-state index in [-0.39, 0.29) is 5.91 Å². The van der Waals surface area contributed by atoms with Crippen LogP contribution in [0.2, 0.25) is 0 Å². The lowest BCUT2D eigenvalue weighted by molar-refractivity contribution is -0.141. The van der Waals surface area contributed by atoms with Gasteiger partial charge in [0.1, 0.15) is 0 Å². The first-order chi connectivity index (χ1) is 9.53. The summed E-state index contributed by atoms with van der Waals surface area (Å²) in [5.74, 6) is -1.10. The number of benzene rings is 1. The summed E-state index contributed by atoms with van der Waals surface area (Å²) in [6, 6.07) is 7.87. The van der Waals surface area contributed by atoms with Crippen LogP contribution in [0.15, 0.2) is 28.7 Å². The quantitative estimate of drug-likeness (QED) is 0.921. The first-order valence-corrected chi connectivity index (χ1v) is 7.60. The Bertz CT molecular complexity index is 551. The van der Waals surface area contributed by atoms with Crippen molar-refractivity contribution < 1.29 is 14.7 Å². The normalized spacial score (nSPS) is 23.6. The lowest BCUT2D eigenvalue weighted by atomic mass is 9.94. The molecule has 0 spiro atoms. The molecule has 106 valence electrons. The lowest BCUT2D eigenvalue weighted by Gasteiger charge is -2.23. The first kappa shape index (κ1) is 13.6. The largest absolute Gasteiger partial charge is 0.481 e. The maximum absolute atomic E-state index is 12.7. The van der Waals surface area contributed by atoms with Gasteiger partial charge in [0.05, 0.1) is 11.3 Å². The van der Waals surface area contributed by atoms with E-state index < -0.39 is 17.3 Å². The van der Waals surface area contributed by atoms with Crippen molar-refractivity contribution in [3.63, 3.8) is 0 Å². The van der Waals surface area contributed by atoms with E-state index in [9.17, 15) is 9.59 Å². The highest BCUT2D eigenvalue weighted by Crippen LogP contribution is 2.50. The van der Waals surface area contributed by atoms with Crippen molar-refractivity contribution in [2.45, 2.75) is 24.7 Å². The lowest BCUT2D eigenvalue weighted by Crippen LogP contribution is -2.38. The zero-order valence-electron chi connectivity index (χ0n) is 11.0. The molecule has 1 saturated heterocycles. The molecule has 1 aromatic carbocycles. The molecule has 5 heteroatoms. The minimum Gasteiger partial charge on any atom is -0.481 e. The van der Waals surface area contributed by atoms with Gasteiger partial charge in [-0.1, -0.05) is 28.1 Å². The minimum atomic E-state index is -0.797. The molecule has 3 rings (SSSR count). The Hall–Kier alpha value is -1.36. The van der Waals surface area contributed by atoms with Gasteiger partial charge in [-0.2, -0.15) is 0 Å². The molecule has 0 aromatic heterocycles. The van der Waals surface area contributed by atoms with E-state index in [2.05, 4.69) is 15.9 Å². The third-order valence-electron chi connectivity index (χ3n) is 4.38. The molecule has 2 fully saturated rings. The van der Waals surface area contributed by atoms with Crippen LogP contribution in [0.1, 0.15) is 24.8 Å². The number of hydrogen-bond donors (Lipinski definition) is 1. The molecule has 0 unspecified atom stereocenters. The van der Waals surface area contributed by atoms with Crippen LogP contribution in [-0.4, -0.2) is 35.0 Å². The Morgan fingerprint density at radius 3 is 2.40 bits per heavy atom. The Kier molecular flexibility index (Phi) is 3.32. The number of hydrogen-bond acceptors (Lipinski definition) is 2. The number of likely N-dealkylation sites (tertiary alicyclic amines) is 1. The molecular weight excluding hydrogens is 322 g/mol. The third kappa shape index (κ3) is 2.24. The number of carboxylic acid groups (broad SMARTS) is 1. The van der Waals surface area contributed by atoms with E-state index in [1.165, 1.54) is 0 Å². The Morgan fingerprint density at radius 1 is 1.25 bits per heavy atom. The second-order valence-electron chi connectivity index (χ2n) is 5.66. The summed E-state index contributed by atoms with van der Waals surface area (Å²) in [5.41, 5.74) is 0.651. The van der Waals surface area contributed by atoms with Gasteiger partial charge in [0.2, 0.25) is 5.91 Å². The Morgan fingerprint density at radius 2 is 1.90 bits per heavy atom. The molecule has 1 heterocycles. The molecule has 0 radical (unpaired) electrons. The fourth-order valence-electron chi connectivity index (χ4n) is 2.97. The molecule has 0 bridgehead atoms. The fraction of sp³-hybridized carbons (Fsp3) is 0.467. The zero-order valence-corrected chi connectivity index (χ0v) is 12.6. The summed E-state index contributed by atoms with van der Waals surface area (Å²) in [6.07, 6.45) is 2.29. The SMILES string of the molecule is O=C(O)[C@H]1CCN(C(=O)C2(c3ccc(Br)cc3)CC2)C1. The summed E-state index contributed by atoms with van der Waals surface area (Å²) in [7, 11) is 0.